The highest BCUT2D eigenvalue weighted by Crippen LogP contribution is 2.29. The summed E-state index contributed by atoms with van der Waals surface area (Å²) in [5.41, 5.74) is 5.52. The summed E-state index contributed by atoms with van der Waals surface area (Å²) in [6.45, 7) is 9.66. The third-order valence-corrected chi connectivity index (χ3v) is 4.83. The van der Waals surface area contributed by atoms with Gasteiger partial charge in [-0.25, -0.2) is 4.98 Å². The van der Waals surface area contributed by atoms with Crippen LogP contribution in [-0.2, 0) is 4.74 Å². The van der Waals surface area contributed by atoms with Gasteiger partial charge in [0.15, 0.2) is 5.13 Å². The number of ether oxygens (including phenoxy) is 1. The van der Waals surface area contributed by atoms with E-state index in [4.69, 9.17) is 10.5 Å². The van der Waals surface area contributed by atoms with Crippen LogP contribution in [0.4, 0.5) is 10.9 Å². The number of hydrogen-bond acceptors (Lipinski definition) is 6. The van der Waals surface area contributed by atoms with Crippen LogP contribution in [0, 0.1) is 5.92 Å². The van der Waals surface area contributed by atoms with Crippen LogP contribution in [-0.4, -0.2) is 35.7 Å². The van der Waals surface area contributed by atoms with E-state index in [9.17, 15) is 4.79 Å². The number of hydrogen-bond donors (Lipinski definition) is 3. The van der Waals surface area contributed by atoms with Gasteiger partial charge >= 0.3 is 0 Å². The Morgan fingerprint density at radius 2 is 2.33 bits per heavy atom. The molecule has 6 nitrogen and oxygen atoms in total. The highest BCUT2D eigenvalue weighted by atomic mass is 32.1. The van der Waals surface area contributed by atoms with Gasteiger partial charge in [-0.2, -0.15) is 0 Å². The number of carbonyl (C=O) groups is 1. The van der Waals surface area contributed by atoms with E-state index in [1.807, 2.05) is 13.8 Å². The molecule has 4 N–H and O–H groups in total. The van der Waals surface area contributed by atoms with Gasteiger partial charge in [0.05, 0.1) is 11.6 Å². The minimum atomic E-state index is -0.348. The molecule has 0 radical (unpaired) electrons. The molecule has 1 amide bonds. The van der Waals surface area contributed by atoms with Gasteiger partial charge in [0.25, 0.3) is 5.91 Å². The average molecular weight is 312 g/mol. The summed E-state index contributed by atoms with van der Waals surface area (Å²) in [6.07, 6.45) is 0.797. The van der Waals surface area contributed by atoms with E-state index < -0.39 is 0 Å². The second-order valence-corrected chi connectivity index (χ2v) is 7.14. The molecule has 2 rings (SSSR count). The fourth-order valence-corrected chi connectivity index (χ4v) is 2.96. The third-order valence-electron chi connectivity index (χ3n) is 3.81. The van der Waals surface area contributed by atoms with E-state index >= 15 is 0 Å². The smallest absolute Gasteiger partial charge is 0.265 e. The Kier molecular flexibility index (Phi) is 4.73. The molecular weight excluding hydrogens is 288 g/mol. The van der Waals surface area contributed by atoms with Gasteiger partial charge < -0.3 is 21.1 Å². The molecule has 0 spiro atoms. The maximum absolute atomic E-state index is 12.4. The molecular formula is C14H24N4O2S. The van der Waals surface area contributed by atoms with E-state index in [1.165, 1.54) is 11.3 Å². The van der Waals surface area contributed by atoms with Gasteiger partial charge in [-0.3, -0.25) is 4.79 Å². The first-order valence-electron chi connectivity index (χ1n) is 7.26. The molecule has 2 heterocycles. The van der Waals surface area contributed by atoms with Crippen molar-refractivity contribution in [2.24, 2.45) is 5.92 Å². The van der Waals surface area contributed by atoms with Gasteiger partial charge in [-0.15, -0.1) is 0 Å². The molecule has 1 aliphatic rings. The maximum atomic E-state index is 12.4. The SMILES string of the molecule is CC(C)CNc1nc(N)c(C(=O)NC2(C)CCOC2C)s1. The van der Waals surface area contributed by atoms with Crippen LogP contribution in [0.1, 0.15) is 43.8 Å². The summed E-state index contributed by atoms with van der Waals surface area (Å²) < 4.78 is 5.54. The molecule has 1 aromatic rings. The lowest BCUT2D eigenvalue weighted by Gasteiger charge is -2.28. The second-order valence-electron chi connectivity index (χ2n) is 6.14. The summed E-state index contributed by atoms with van der Waals surface area (Å²) in [4.78, 5) is 17.1. The van der Waals surface area contributed by atoms with Crippen molar-refractivity contribution < 1.29 is 9.53 Å². The van der Waals surface area contributed by atoms with Crippen molar-refractivity contribution in [1.29, 1.82) is 0 Å². The first-order chi connectivity index (χ1) is 9.82. The fraction of sp³-hybridized carbons (Fsp3) is 0.714. The predicted octanol–water partition coefficient (Wildman–Crippen LogP) is 2.09. The minimum Gasteiger partial charge on any atom is -0.382 e. The van der Waals surface area contributed by atoms with E-state index in [-0.39, 0.29) is 23.4 Å². The number of amides is 1. The molecule has 118 valence electrons. The van der Waals surface area contributed by atoms with E-state index in [0.717, 1.165) is 13.0 Å². The number of nitrogens with one attached hydrogen (secondary N) is 2. The number of nitrogen functional groups attached to an aromatic ring is 1. The predicted molar refractivity (Wildman–Crippen MR) is 85.8 cm³/mol. The summed E-state index contributed by atoms with van der Waals surface area (Å²) in [7, 11) is 0. The van der Waals surface area contributed by atoms with Crippen molar-refractivity contribution in [3.63, 3.8) is 0 Å². The maximum Gasteiger partial charge on any atom is 0.265 e. The minimum absolute atomic E-state index is 0.00543. The molecule has 2 unspecified atom stereocenters. The second kappa shape index (κ2) is 6.19. The highest BCUT2D eigenvalue weighted by Gasteiger charge is 2.39. The van der Waals surface area contributed by atoms with Crippen molar-refractivity contribution in [1.82, 2.24) is 10.3 Å². The molecule has 1 fully saturated rings. The Morgan fingerprint density at radius 1 is 1.62 bits per heavy atom. The van der Waals surface area contributed by atoms with E-state index in [1.54, 1.807) is 0 Å². The molecule has 0 bridgehead atoms. The summed E-state index contributed by atoms with van der Waals surface area (Å²) in [6, 6.07) is 0. The van der Waals surface area contributed by atoms with Gasteiger partial charge in [0.2, 0.25) is 0 Å². The molecule has 1 aromatic heterocycles. The number of aromatic nitrogens is 1. The van der Waals surface area contributed by atoms with Crippen molar-refractivity contribution in [3.05, 3.63) is 4.88 Å². The number of rotatable bonds is 5. The number of carbonyl (C=O) groups excluding carboxylic acids is 1. The van der Waals surface area contributed by atoms with Crippen LogP contribution in [0.5, 0.6) is 0 Å². The van der Waals surface area contributed by atoms with Crippen LogP contribution in [0.15, 0.2) is 0 Å². The van der Waals surface area contributed by atoms with Gasteiger partial charge in [-0.1, -0.05) is 25.2 Å². The van der Waals surface area contributed by atoms with Gasteiger partial charge in [0, 0.05) is 13.2 Å². The summed E-state index contributed by atoms with van der Waals surface area (Å²) in [5.74, 6) is 0.601. The largest absolute Gasteiger partial charge is 0.382 e. The zero-order chi connectivity index (χ0) is 15.6. The molecule has 2 atom stereocenters. The first-order valence-corrected chi connectivity index (χ1v) is 8.08. The number of thiazole rings is 1. The van der Waals surface area contributed by atoms with Crippen molar-refractivity contribution in [3.8, 4) is 0 Å². The summed E-state index contributed by atoms with van der Waals surface area (Å²) >= 11 is 1.29. The Morgan fingerprint density at radius 3 is 2.90 bits per heavy atom. The molecule has 0 aliphatic carbocycles. The number of nitrogens with zero attached hydrogens (tertiary/aromatic N) is 1. The topological polar surface area (TPSA) is 89.3 Å². The van der Waals surface area contributed by atoms with Crippen LogP contribution >= 0.6 is 11.3 Å². The zero-order valence-electron chi connectivity index (χ0n) is 13.0. The van der Waals surface area contributed by atoms with Crippen LogP contribution in [0.25, 0.3) is 0 Å². The Hall–Kier alpha value is -1.34. The quantitative estimate of drug-likeness (QED) is 0.774. The molecule has 1 aliphatic heterocycles. The first kappa shape index (κ1) is 16.0. The van der Waals surface area contributed by atoms with Gasteiger partial charge in [-0.05, 0) is 26.2 Å². The van der Waals surface area contributed by atoms with Crippen molar-refractivity contribution >= 4 is 28.2 Å². The highest BCUT2D eigenvalue weighted by molar-refractivity contribution is 7.18. The fourth-order valence-electron chi connectivity index (χ4n) is 2.18. The zero-order valence-corrected chi connectivity index (χ0v) is 13.8. The molecule has 0 saturated carbocycles. The lowest BCUT2D eigenvalue weighted by Crippen LogP contribution is -2.50. The lowest BCUT2D eigenvalue weighted by atomic mass is 9.94. The van der Waals surface area contributed by atoms with E-state index in [2.05, 4.69) is 29.5 Å². The molecule has 7 heteroatoms. The van der Waals surface area contributed by atoms with Crippen molar-refractivity contribution in [2.75, 3.05) is 24.2 Å². The van der Waals surface area contributed by atoms with Crippen molar-refractivity contribution in [2.45, 2.75) is 45.8 Å². The molecule has 1 saturated heterocycles. The Labute approximate surface area is 129 Å². The Bertz CT molecular complexity index is 517. The third kappa shape index (κ3) is 3.65. The van der Waals surface area contributed by atoms with E-state index in [0.29, 0.717) is 22.5 Å². The van der Waals surface area contributed by atoms with Crippen LogP contribution in [0.2, 0.25) is 0 Å². The summed E-state index contributed by atoms with van der Waals surface area (Å²) in [5, 5.41) is 6.92. The number of nitrogens with two attached hydrogens (primary N) is 1. The Balaban J connectivity index is 2.05. The standard InChI is InChI=1S/C14H24N4O2S/c1-8(2)7-16-13-17-11(15)10(21-13)12(19)18-14(4)5-6-20-9(14)3/h8-9H,5-7,15H2,1-4H3,(H,16,17)(H,18,19). The molecule has 21 heavy (non-hydrogen) atoms. The monoisotopic (exact) mass is 312 g/mol. The molecule has 0 aromatic carbocycles. The van der Waals surface area contributed by atoms with Crippen LogP contribution in [0.3, 0.4) is 0 Å². The lowest BCUT2D eigenvalue weighted by molar-refractivity contribution is 0.0730. The number of anilines is 2. The van der Waals surface area contributed by atoms with Crippen LogP contribution < -0.4 is 16.4 Å². The normalized spacial score (nSPS) is 25.3. The average Bonchev–Trinajstić information content (AvgIpc) is 2.91. The van der Waals surface area contributed by atoms with Gasteiger partial charge in [0.1, 0.15) is 10.7 Å².